The van der Waals surface area contributed by atoms with Crippen LogP contribution < -0.4 is 4.74 Å². The molecule has 1 N–H and O–H groups in total. The minimum Gasteiger partial charge on any atom is -0.481 e. The molecule has 0 atom stereocenters. The molecule has 138 valence electrons. The molecule has 0 aromatic heterocycles. The van der Waals surface area contributed by atoms with Crippen LogP contribution in [-0.2, 0) is 14.9 Å². The minimum atomic E-state index is -4.75. The second kappa shape index (κ2) is 6.99. The first-order valence-corrected chi connectivity index (χ1v) is 8.08. The van der Waals surface area contributed by atoms with Gasteiger partial charge in [-0.15, -0.1) is 13.2 Å². The Hall–Kier alpha value is -2.54. The van der Waals surface area contributed by atoms with Crippen molar-refractivity contribution in [3.63, 3.8) is 0 Å². The summed E-state index contributed by atoms with van der Waals surface area (Å²) >= 11 is 0. The first-order chi connectivity index (χ1) is 12.3. The number of carbonyl (C=O) groups is 1. The standard InChI is InChI=1S/C19H17F3O4/c20-19(21,22)26-16-3-1-2-14(12-16)13-4-6-15(7-5-13)18(17(23)24)8-10-25-11-9-18/h1-7,12H,8-11H2,(H,23,24). The number of rotatable bonds is 4. The van der Waals surface area contributed by atoms with Gasteiger partial charge in [-0.2, -0.15) is 0 Å². The highest BCUT2D eigenvalue weighted by Crippen LogP contribution is 2.36. The molecule has 2 aromatic carbocycles. The molecule has 26 heavy (non-hydrogen) atoms. The predicted molar refractivity (Wildman–Crippen MR) is 87.9 cm³/mol. The zero-order valence-corrected chi connectivity index (χ0v) is 13.8. The molecule has 1 fully saturated rings. The van der Waals surface area contributed by atoms with Gasteiger partial charge in [-0.1, -0.05) is 36.4 Å². The van der Waals surface area contributed by atoms with Crippen molar-refractivity contribution in [1.82, 2.24) is 0 Å². The largest absolute Gasteiger partial charge is 0.573 e. The van der Waals surface area contributed by atoms with Gasteiger partial charge >= 0.3 is 12.3 Å². The molecule has 0 radical (unpaired) electrons. The Morgan fingerprint density at radius 3 is 2.27 bits per heavy atom. The zero-order valence-electron chi connectivity index (χ0n) is 13.8. The lowest BCUT2D eigenvalue weighted by molar-refractivity contribution is -0.274. The second-order valence-electron chi connectivity index (χ2n) is 6.15. The molecule has 1 heterocycles. The Labute approximate surface area is 148 Å². The summed E-state index contributed by atoms with van der Waals surface area (Å²) in [5, 5.41) is 9.69. The van der Waals surface area contributed by atoms with Crippen molar-refractivity contribution in [2.24, 2.45) is 0 Å². The van der Waals surface area contributed by atoms with Crippen LogP contribution in [0.3, 0.4) is 0 Å². The Bertz CT molecular complexity index is 778. The third kappa shape index (κ3) is 3.83. The molecule has 0 aliphatic carbocycles. The molecule has 0 saturated carbocycles. The van der Waals surface area contributed by atoms with Crippen LogP contribution in [0.15, 0.2) is 48.5 Å². The van der Waals surface area contributed by atoms with Gasteiger partial charge in [0.05, 0.1) is 5.41 Å². The highest BCUT2D eigenvalue weighted by atomic mass is 19.4. The molecule has 0 amide bonds. The van der Waals surface area contributed by atoms with Gasteiger partial charge < -0.3 is 14.6 Å². The van der Waals surface area contributed by atoms with Crippen LogP contribution in [0, 0.1) is 0 Å². The van der Waals surface area contributed by atoms with Gasteiger partial charge in [0.25, 0.3) is 0 Å². The highest BCUT2D eigenvalue weighted by molar-refractivity contribution is 5.82. The van der Waals surface area contributed by atoms with Crippen LogP contribution in [0.25, 0.3) is 11.1 Å². The molecule has 4 nitrogen and oxygen atoms in total. The molecule has 3 rings (SSSR count). The summed E-state index contributed by atoms with van der Waals surface area (Å²) in [5.74, 6) is -1.19. The van der Waals surface area contributed by atoms with E-state index in [1.807, 2.05) is 0 Å². The van der Waals surface area contributed by atoms with Crippen LogP contribution in [0.5, 0.6) is 5.75 Å². The van der Waals surface area contributed by atoms with E-state index in [-0.39, 0.29) is 5.75 Å². The van der Waals surface area contributed by atoms with E-state index in [9.17, 15) is 23.1 Å². The van der Waals surface area contributed by atoms with Gasteiger partial charge in [-0.25, -0.2) is 0 Å². The smallest absolute Gasteiger partial charge is 0.481 e. The van der Waals surface area contributed by atoms with Crippen molar-refractivity contribution in [3.8, 4) is 16.9 Å². The topological polar surface area (TPSA) is 55.8 Å². The van der Waals surface area contributed by atoms with Gasteiger partial charge in [0.15, 0.2) is 0 Å². The number of carboxylic acid groups (broad SMARTS) is 1. The Morgan fingerprint density at radius 2 is 1.69 bits per heavy atom. The number of carboxylic acids is 1. The zero-order chi connectivity index (χ0) is 18.8. The van der Waals surface area contributed by atoms with E-state index in [0.29, 0.717) is 42.7 Å². The minimum absolute atomic E-state index is 0.300. The molecule has 1 aliphatic rings. The van der Waals surface area contributed by atoms with E-state index in [0.717, 1.165) is 0 Å². The lowest BCUT2D eigenvalue weighted by atomic mass is 9.74. The second-order valence-corrected chi connectivity index (χ2v) is 6.15. The quantitative estimate of drug-likeness (QED) is 0.872. The van der Waals surface area contributed by atoms with E-state index in [1.54, 1.807) is 30.3 Å². The van der Waals surface area contributed by atoms with Crippen molar-refractivity contribution in [3.05, 3.63) is 54.1 Å². The van der Waals surface area contributed by atoms with Crippen molar-refractivity contribution >= 4 is 5.97 Å². The fraction of sp³-hybridized carbons (Fsp3) is 0.316. The van der Waals surface area contributed by atoms with Crippen LogP contribution in [0.4, 0.5) is 13.2 Å². The summed E-state index contributed by atoms with van der Waals surface area (Å²) < 4.78 is 46.3. The maximum absolute atomic E-state index is 12.4. The number of ether oxygens (including phenoxy) is 2. The number of halogens is 3. The highest BCUT2D eigenvalue weighted by Gasteiger charge is 2.41. The molecular formula is C19H17F3O4. The number of aliphatic carboxylic acids is 1. The summed E-state index contributed by atoms with van der Waals surface area (Å²) in [4.78, 5) is 11.8. The molecule has 0 spiro atoms. The van der Waals surface area contributed by atoms with E-state index in [1.165, 1.54) is 18.2 Å². The van der Waals surface area contributed by atoms with Crippen molar-refractivity contribution in [2.75, 3.05) is 13.2 Å². The maximum Gasteiger partial charge on any atom is 0.573 e. The summed E-state index contributed by atoms with van der Waals surface area (Å²) in [6.45, 7) is 0.760. The number of hydrogen-bond donors (Lipinski definition) is 1. The molecule has 2 aromatic rings. The number of hydrogen-bond acceptors (Lipinski definition) is 3. The molecule has 1 saturated heterocycles. The average Bonchev–Trinajstić information content (AvgIpc) is 2.61. The first kappa shape index (κ1) is 18.3. The van der Waals surface area contributed by atoms with Gasteiger partial charge in [0.2, 0.25) is 0 Å². The van der Waals surface area contributed by atoms with Crippen LogP contribution >= 0.6 is 0 Å². The van der Waals surface area contributed by atoms with Crippen LogP contribution in [-0.4, -0.2) is 30.7 Å². The summed E-state index contributed by atoms with van der Waals surface area (Å²) in [5.41, 5.74) is 0.904. The summed E-state index contributed by atoms with van der Waals surface area (Å²) in [6, 6.07) is 12.5. The summed E-state index contributed by atoms with van der Waals surface area (Å²) in [6.07, 6.45) is -3.98. The lowest BCUT2D eigenvalue weighted by Crippen LogP contribution is -2.41. The molecule has 0 bridgehead atoms. The molecule has 1 aliphatic heterocycles. The molecular weight excluding hydrogens is 349 g/mol. The first-order valence-electron chi connectivity index (χ1n) is 8.08. The Kier molecular flexibility index (Phi) is 4.91. The Morgan fingerprint density at radius 1 is 1.04 bits per heavy atom. The van der Waals surface area contributed by atoms with Gasteiger partial charge in [0, 0.05) is 13.2 Å². The van der Waals surface area contributed by atoms with Crippen LogP contribution in [0.2, 0.25) is 0 Å². The third-order valence-electron chi connectivity index (χ3n) is 4.59. The lowest BCUT2D eigenvalue weighted by Gasteiger charge is -2.33. The van der Waals surface area contributed by atoms with E-state index >= 15 is 0 Å². The predicted octanol–water partition coefficient (Wildman–Crippen LogP) is 4.39. The molecule has 7 heteroatoms. The van der Waals surface area contributed by atoms with Crippen LogP contribution in [0.1, 0.15) is 18.4 Å². The van der Waals surface area contributed by atoms with Crippen molar-refractivity contribution in [1.29, 1.82) is 0 Å². The van der Waals surface area contributed by atoms with Gasteiger partial charge in [-0.3, -0.25) is 4.79 Å². The SMILES string of the molecule is O=C(O)C1(c2ccc(-c3cccc(OC(F)(F)F)c3)cc2)CCOCC1. The maximum atomic E-state index is 12.4. The summed E-state index contributed by atoms with van der Waals surface area (Å²) in [7, 11) is 0. The number of alkyl halides is 3. The van der Waals surface area contributed by atoms with Gasteiger partial charge in [0.1, 0.15) is 5.75 Å². The van der Waals surface area contributed by atoms with E-state index in [2.05, 4.69) is 4.74 Å². The Balaban J connectivity index is 1.88. The fourth-order valence-corrected chi connectivity index (χ4v) is 3.20. The van der Waals surface area contributed by atoms with Crippen molar-refractivity contribution < 1.29 is 32.5 Å². The van der Waals surface area contributed by atoms with E-state index < -0.39 is 17.7 Å². The average molecular weight is 366 g/mol. The monoisotopic (exact) mass is 366 g/mol. The fourth-order valence-electron chi connectivity index (χ4n) is 3.20. The third-order valence-corrected chi connectivity index (χ3v) is 4.59. The van der Waals surface area contributed by atoms with Crippen molar-refractivity contribution in [2.45, 2.75) is 24.6 Å². The normalized spacial score (nSPS) is 16.9. The number of benzene rings is 2. The van der Waals surface area contributed by atoms with Gasteiger partial charge in [-0.05, 0) is 41.7 Å². The molecule has 0 unspecified atom stereocenters. The van der Waals surface area contributed by atoms with E-state index in [4.69, 9.17) is 4.74 Å².